The Labute approximate surface area is 729 Å². The van der Waals surface area contributed by atoms with Crippen LogP contribution < -0.4 is 63.2 Å². The normalized spacial score (nSPS) is 22.2. The van der Waals surface area contributed by atoms with Crippen LogP contribution in [-0.2, 0) is 101 Å². The number of rotatable bonds is 27. The maximum Gasteiger partial charge on any atom is 0.407 e. The monoisotopic (exact) mass is 1730 g/mol. The van der Waals surface area contributed by atoms with Gasteiger partial charge in [-0.15, -0.1) is 0 Å². The lowest BCUT2D eigenvalue weighted by Crippen LogP contribution is -2.61. The number of carbonyl (C=O) groups is 13. The van der Waals surface area contributed by atoms with Crippen LogP contribution in [-0.4, -0.2) is 180 Å². The summed E-state index contributed by atoms with van der Waals surface area (Å²) < 4.78 is 17.0. The Morgan fingerprint density at radius 1 is 0.374 bits per heavy atom. The second-order valence-corrected chi connectivity index (χ2v) is 33.8. The van der Waals surface area contributed by atoms with Crippen molar-refractivity contribution in [2.75, 3.05) is 26.2 Å². The van der Waals surface area contributed by atoms with Crippen molar-refractivity contribution in [1.82, 2.24) is 68.3 Å². The highest BCUT2D eigenvalue weighted by Gasteiger charge is 2.44. The minimum atomic E-state index is -1.52. The van der Waals surface area contributed by atoms with Gasteiger partial charge >= 0.3 is 12.2 Å². The van der Waals surface area contributed by atoms with Gasteiger partial charge in [-0.2, -0.15) is 0 Å². The van der Waals surface area contributed by atoms with Crippen LogP contribution in [0.5, 0.6) is 5.75 Å². The highest BCUT2D eigenvalue weighted by molar-refractivity contribution is 6.36. The average molecular weight is 1730 g/mol. The van der Waals surface area contributed by atoms with Crippen LogP contribution in [0.2, 0.25) is 10.0 Å². The molecule has 3 saturated heterocycles. The fourth-order valence-electron chi connectivity index (χ4n) is 15.0. The summed E-state index contributed by atoms with van der Waals surface area (Å²) in [4.78, 5) is 197. The van der Waals surface area contributed by atoms with Crippen molar-refractivity contribution >= 4 is 100 Å². The van der Waals surface area contributed by atoms with Crippen molar-refractivity contribution in [3.05, 3.63) is 207 Å². The van der Waals surface area contributed by atoms with Crippen molar-refractivity contribution in [3.63, 3.8) is 0 Å². The molecule has 3 aliphatic heterocycles. The first-order chi connectivity index (χ1) is 59.0. The Balaban J connectivity index is 1.09. The van der Waals surface area contributed by atoms with Gasteiger partial charge in [0, 0.05) is 61.1 Å². The van der Waals surface area contributed by atoms with Gasteiger partial charge in [0.1, 0.15) is 92.0 Å². The second kappa shape index (κ2) is 47.7. The van der Waals surface area contributed by atoms with Crippen LogP contribution in [0.15, 0.2) is 164 Å². The molecular weight excluding hydrogens is 1610 g/mol. The third-order valence-electron chi connectivity index (χ3n) is 21.7. The second-order valence-electron chi connectivity index (χ2n) is 33.0. The molecule has 9 rings (SSSR count). The average Bonchev–Trinajstić information content (AvgIpc) is 1.73. The number of halogens is 2. The third-order valence-corrected chi connectivity index (χ3v) is 22.4. The number of hydrogen-bond donors (Lipinski definition) is 11. The summed E-state index contributed by atoms with van der Waals surface area (Å²) in [5.74, 6) is -10.0. The van der Waals surface area contributed by atoms with Crippen molar-refractivity contribution < 1.29 is 76.5 Å². The number of fused-ring (bicyclic) bond motifs is 2. The van der Waals surface area contributed by atoms with Crippen LogP contribution in [0.25, 0.3) is 0 Å². The molecule has 0 bridgehead atoms. The van der Waals surface area contributed by atoms with E-state index in [1.807, 2.05) is 39.8 Å². The summed E-state index contributed by atoms with van der Waals surface area (Å²) in [7, 11) is 0. The maximum atomic E-state index is 15.5. The van der Waals surface area contributed by atoms with Gasteiger partial charge in [0.05, 0.1) is 0 Å². The molecule has 0 unspecified atom stereocenters. The lowest BCUT2D eigenvalue weighted by molar-refractivity contribution is -0.143. The van der Waals surface area contributed by atoms with Crippen molar-refractivity contribution in [2.24, 2.45) is 23.7 Å². The number of hydrogen-bond acceptors (Lipinski definition) is 16. The Hall–Kier alpha value is -11.6. The summed E-state index contributed by atoms with van der Waals surface area (Å²) in [6, 6.07) is 32.3. The molecule has 11 atom stereocenters. The highest BCUT2D eigenvalue weighted by atomic mass is 35.5. The lowest BCUT2D eigenvalue weighted by Gasteiger charge is -2.32. The molecule has 3 fully saturated rings. The molecule has 13 amide bonds. The highest BCUT2D eigenvalue weighted by Crippen LogP contribution is 2.28. The van der Waals surface area contributed by atoms with Crippen LogP contribution in [0.4, 0.5) is 9.59 Å². The van der Waals surface area contributed by atoms with E-state index in [0.717, 1.165) is 11.1 Å². The molecule has 11 N–H and O–H groups in total. The zero-order valence-corrected chi connectivity index (χ0v) is 72.6. The molecule has 3 aliphatic rings. The van der Waals surface area contributed by atoms with Gasteiger partial charge in [0.25, 0.3) is 0 Å². The Bertz CT molecular complexity index is 4530. The van der Waals surface area contributed by atoms with Gasteiger partial charge in [-0.3, -0.25) is 52.7 Å². The number of amides is 13. The van der Waals surface area contributed by atoms with Gasteiger partial charge in [-0.1, -0.05) is 218 Å². The first-order valence-corrected chi connectivity index (χ1v) is 43.2. The number of nitrogens with zero attached hydrogens (tertiary/aromatic N) is 2. The van der Waals surface area contributed by atoms with Crippen molar-refractivity contribution in [1.29, 1.82) is 0 Å². The molecule has 660 valence electrons. The predicted octanol–water partition coefficient (Wildman–Crippen LogP) is 8.78. The van der Waals surface area contributed by atoms with Gasteiger partial charge in [-0.25, -0.2) is 9.59 Å². The number of alkyl carbamates (subject to hydrolysis) is 2. The van der Waals surface area contributed by atoms with Gasteiger partial charge < -0.3 is 82.5 Å². The predicted molar refractivity (Wildman–Crippen MR) is 464 cm³/mol. The topological polar surface area (TPSA) is 388 Å². The van der Waals surface area contributed by atoms with Crippen LogP contribution >= 0.6 is 23.2 Å². The van der Waals surface area contributed by atoms with Crippen LogP contribution in [0, 0.1) is 23.7 Å². The molecule has 31 heteroatoms. The fourth-order valence-corrected chi connectivity index (χ4v) is 15.5. The van der Waals surface area contributed by atoms with Gasteiger partial charge in [-0.05, 0) is 140 Å². The van der Waals surface area contributed by atoms with Crippen LogP contribution in [0.3, 0.4) is 0 Å². The van der Waals surface area contributed by atoms with Gasteiger partial charge in [0.2, 0.25) is 65.0 Å². The van der Waals surface area contributed by atoms with E-state index in [-0.39, 0.29) is 128 Å². The van der Waals surface area contributed by atoms with E-state index < -0.39 is 155 Å². The molecule has 0 aromatic heterocycles. The molecule has 0 radical (unpaired) electrons. The molecule has 6 aromatic carbocycles. The van der Waals surface area contributed by atoms with E-state index in [4.69, 9.17) is 37.4 Å². The molecule has 0 saturated carbocycles. The number of ether oxygens (including phenoxy) is 3. The Morgan fingerprint density at radius 3 is 1.16 bits per heavy atom. The molecule has 3 heterocycles. The Morgan fingerprint density at radius 2 is 0.715 bits per heavy atom. The Kier molecular flexibility index (Phi) is 37.0. The molecule has 6 aromatic rings. The quantitative estimate of drug-likeness (QED) is 0.0215. The SMILES string of the molecule is CC(C)C[C@@H]1NC(=O)[C@H](CCCNC(=O)OCc2ccccc2)NC(=O)[C@H](C(C)C)NC(=O)[C@@H](Cc2ccc(OCc3c(Cl)cccc3Cl)cc2)NC(=O)[C@@H](Cc2ccccc2)NC(=O)[C@@H]2CCCN2C(=O)[C@H](CC(C)C)NC(=O)[C@H](CCCNC(=O)OCc2ccccc2)NC(=O)[C@H](C(C)C)NC(=O)[C@@H]2CCCN2C(=O)[C@@H](Cc2ccccc2)NC1=O. The largest absolute Gasteiger partial charge is 0.489 e. The summed E-state index contributed by atoms with van der Waals surface area (Å²) in [5.41, 5.74) is 3.75. The zero-order chi connectivity index (χ0) is 88.7. The van der Waals surface area contributed by atoms with E-state index >= 15 is 47.9 Å². The van der Waals surface area contributed by atoms with Crippen molar-refractivity contribution in [2.45, 2.75) is 225 Å². The molecule has 0 spiro atoms. The van der Waals surface area contributed by atoms with E-state index in [2.05, 4.69) is 58.5 Å². The minimum absolute atomic E-state index is 0.00323. The first-order valence-electron chi connectivity index (χ1n) is 42.4. The lowest BCUT2D eigenvalue weighted by atomic mass is 9.98. The van der Waals surface area contributed by atoms with E-state index in [1.54, 1.807) is 179 Å². The molecule has 0 aliphatic carbocycles. The van der Waals surface area contributed by atoms with E-state index in [1.165, 1.54) is 9.80 Å². The number of nitrogens with one attached hydrogen (secondary N) is 11. The van der Waals surface area contributed by atoms with Crippen LogP contribution in [0.1, 0.15) is 153 Å². The summed E-state index contributed by atoms with van der Waals surface area (Å²) >= 11 is 13.0. The summed E-state index contributed by atoms with van der Waals surface area (Å²) in [6.45, 7) is 14.0. The van der Waals surface area contributed by atoms with Gasteiger partial charge in [0.15, 0.2) is 0 Å². The van der Waals surface area contributed by atoms with Crippen molar-refractivity contribution in [3.8, 4) is 5.75 Å². The maximum absolute atomic E-state index is 15.5. The smallest absolute Gasteiger partial charge is 0.407 e. The summed E-state index contributed by atoms with van der Waals surface area (Å²) in [6.07, 6.45) is -1.07. The molecular formula is C92H117Cl2N13O16. The third kappa shape index (κ3) is 29.6. The van der Waals surface area contributed by atoms with E-state index in [0.29, 0.717) is 50.9 Å². The molecule has 29 nitrogen and oxygen atoms in total. The van der Waals surface area contributed by atoms with E-state index in [9.17, 15) is 14.4 Å². The first kappa shape index (κ1) is 95.2. The number of benzene rings is 6. The summed E-state index contributed by atoms with van der Waals surface area (Å²) in [5, 5.41) is 32.1. The number of carbonyl (C=O) groups excluding carboxylic acids is 13. The fraction of sp³-hybridized carbons (Fsp3) is 0.467. The zero-order valence-electron chi connectivity index (χ0n) is 71.1. The minimum Gasteiger partial charge on any atom is -0.489 e. The molecule has 123 heavy (non-hydrogen) atoms. The standard InChI is InChI=1S/C92H117Cl2N13O16/c1-56(2)48-71-82(110)103-75(52-61-28-15-10-16-29-61)90(118)107-47-25-39-77(107)86(114)105-79(59(7)8)88(116)98-70(37-23-45-96-92(120)123-54-64-32-19-12-20-33-64)81(109)102-74(49-57(3)4)89(117)106-46-24-38-76(106)85(113)101-72(50-60-26-13-9-14-27-60)83(111)100-73(51-62-40-42-65(43-41-62)121-55-66-67(93)34-21-35-68(66)94)84(112)104-78(58(5)6)87(115)97-69(80(108)99-71)36-22-44-95-91(119)122-53-63-30-17-11-18-31-63/h9-21,26-35,40-43,56-59,69-79H,22-25,36-39,44-55H2,1-8H3,(H,95,119)(H,96,120)(H,97,115)(H,98,116)(H,99,108)(H,100,111)(H,101,113)(H,102,109)(H,103,110)(H,104,112)(H,105,114)/t69-,70-,71-,72+,73+,74-,75+,76-,77-,78-,79-/m0/s1.